The molecule has 0 saturated carbocycles. The molecule has 1 fully saturated rings. The van der Waals surface area contributed by atoms with Gasteiger partial charge in [-0.25, -0.2) is 4.39 Å². The second-order valence-corrected chi connectivity index (χ2v) is 7.55. The standard InChI is InChI=1S/C24H26FNO5/c1-15(2)31-13-5-12-26-21(16-8-10-18(25)11-9-16)20(23(28)24(26)29)22(27)17-6-4-7-19(14-17)30-3/h4,6-11,14-15,21,27H,5,12-13H2,1-3H3/t21-/m0/s1. The van der Waals surface area contributed by atoms with E-state index in [0.717, 1.165) is 0 Å². The minimum atomic E-state index is -0.828. The predicted octanol–water partition coefficient (Wildman–Crippen LogP) is 4.07. The van der Waals surface area contributed by atoms with Crippen LogP contribution in [0.25, 0.3) is 5.76 Å². The second-order valence-electron chi connectivity index (χ2n) is 7.55. The average Bonchev–Trinajstić information content (AvgIpc) is 3.01. The Labute approximate surface area is 180 Å². The van der Waals surface area contributed by atoms with Gasteiger partial charge < -0.3 is 19.5 Å². The molecule has 164 valence electrons. The highest BCUT2D eigenvalue weighted by atomic mass is 19.1. The number of carbonyl (C=O) groups excluding carboxylic acids is 2. The van der Waals surface area contributed by atoms with E-state index in [4.69, 9.17) is 9.47 Å². The van der Waals surface area contributed by atoms with Crippen LogP contribution in [-0.4, -0.2) is 48.1 Å². The quantitative estimate of drug-likeness (QED) is 0.297. The smallest absolute Gasteiger partial charge is 0.295 e. The van der Waals surface area contributed by atoms with E-state index in [1.165, 1.54) is 36.3 Å². The van der Waals surface area contributed by atoms with Crippen LogP contribution in [0, 0.1) is 5.82 Å². The van der Waals surface area contributed by atoms with E-state index in [0.29, 0.717) is 29.9 Å². The number of ether oxygens (including phenoxy) is 2. The molecule has 1 aliphatic heterocycles. The fraction of sp³-hybridized carbons (Fsp3) is 0.333. The van der Waals surface area contributed by atoms with Crippen LogP contribution in [0.1, 0.15) is 37.4 Å². The minimum Gasteiger partial charge on any atom is -0.507 e. The Hall–Kier alpha value is -3.19. The summed E-state index contributed by atoms with van der Waals surface area (Å²) < 4.78 is 24.2. The second kappa shape index (κ2) is 9.75. The molecule has 0 bridgehead atoms. The summed E-state index contributed by atoms with van der Waals surface area (Å²) in [5.74, 6) is -1.71. The van der Waals surface area contributed by atoms with Gasteiger partial charge in [-0.2, -0.15) is 0 Å². The van der Waals surface area contributed by atoms with E-state index in [1.807, 2.05) is 13.8 Å². The lowest BCUT2D eigenvalue weighted by Gasteiger charge is -2.25. The molecule has 31 heavy (non-hydrogen) atoms. The largest absolute Gasteiger partial charge is 0.507 e. The first-order valence-corrected chi connectivity index (χ1v) is 10.1. The van der Waals surface area contributed by atoms with Crippen LogP contribution in [0.3, 0.4) is 0 Å². The molecule has 1 N–H and O–H groups in total. The molecule has 0 aromatic heterocycles. The summed E-state index contributed by atoms with van der Waals surface area (Å²) in [5, 5.41) is 11.0. The Bertz CT molecular complexity index is 984. The molecule has 0 radical (unpaired) electrons. The third kappa shape index (κ3) is 4.94. The van der Waals surface area contributed by atoms with Crippen LogP contribution in [-0.2, 0) is 14.3 Å². The van der Waals surface area contributed by atoms with E-state index >= 15 is 0 Å². The van der Waals surface area contributed by atoms with Crippen molar-refractivity contribution in [3.63, 3.8) is 0 Å². The van der Waals surface area contributed by atoms with E-state index in [-0.39, 0.29) is 24.0 Å². The van der Waals surface area contributed by atoms with Crippen LogP contribution in [0.2, 0.25) is 0 Å². The summed E-state index contributed by atoms with van der Waals surface area (Å²) in [7, 11) is 1.50. The molecule has 1 heterocycles. The Morgan fingerprint density at radius 3 is 2.52 bits per heavy atom. The molecular formula is C24H26FNO5. The normalized spacial score (nSPS) is 18.1. The van der Waals surface area contributed by atoms with Crippen LogP contribution in [0.15, 0.2) is 54.1 Å². The number of halogens is 1. The number of benzene rings is 2. The molecule has 1 saturated heterocycles. The zero-order valence-electron chi connectivity index (χ0n) is 17.8. The number of aliphatic hydroxyl groups is 1. The molecular weight excluding hydrogens is 401 g/mol. The fourth-order valence-corrected chi connectivity index (χ4v) is 3.58. The van der Waals surface area contributed by atoms with E-state index in [9.17, 15) is 19.1 Å². The van der Waals surface area contributed by atoms with Gasteiger partial charge in [0.25, 0.3) is 11.7 Å². The number of methoxy groups -OCH3 is 1. The Kier molecular flexibility index (Phi) is 7.07. The third-order valence-corrected chi connectivity index (χ3v) is 5.06. The molecule has 6 nitrogen and oxygen atoms in total. The zero-order valence-corrected chi connectivity index (χ0v) is 17.8. The number of aliphatic hydroxyl groups excluding tert-OH is 1. The maximum Gasteiger partial charge on any atom is 0.295 e. The Balaban J connectivity index is 2.03. The fourth-order valence-electron chi connectivity index (χ4n) is 3.58. The molecule has 2 aromatic rings. The number of Topliss-reactive ketones (excluding diaryl/α,β-unsaturated/α-hetero) is 1. The maximum absolute atomic E-state index is 13.5. The first-order chi connectivity index (χ1) is 14.8. The minimum absolute atomic E-state index is 0.0327. The van der Waals surface area contributed by atoms with Crippen LogP contribution in [0.4, 0.5) is 4.39 Å². The lowest BCUT2D eigenvalue weighted by molar-refractivity contribution is -0.140. The monoisotopic (exact) mass is 427 g/mol. The van der Waals surface area contributed by atoms with Gasteiger partial charge in [-0.15, -0.1) is 0 Å². The van der Waals surface area contributed by atoms with Crippen LogP contribution >= 0.6 is 0 Å². The van der Waals surface area contributed by atoms with Gasteiger partial charge in [0.05, 0.1) is 24.8 Å². The number of rotatable bonds is 8. The first kappa shape index (κ1) is 22.5. The van der Waals surface area contributed by atoms with Crippen molar-refractivity contribution in [3.8, 4) is 5.75 Å². The average molecular weight is 427 g/mol. The van der Waals surface area contributed by atoms with Crippen molar-refractivity contribution in [2.24, 2.45) is 0 Å². The molecule has 0 spiro atoms. The number of hydrogen-bond donors (Lipinski definition) is 1. The van der Waals surface area contributed by atoms with Crippen LogP contribution in [0.5, 0.6) is 5.75 Å². The van der Waals surface area contributed by atoms with E-state index in [1.54, 1.807) is 24.3 Å². The van der Waals surface area contributed by atoms with Gasteiger partial charge in [-0.3, -0.25) is 9.59 Å². The summed E-state index contributed by atoms with van der Waals surface area (Å²) in [6, 6.07) is 11.3. The molecule has 2 aromatic carbocycles. The van der Waals surface area contributed by atoms with Crippen LogP contribution < -0.4 is 4.74 Å². The van der Waals surface area contributed by atoms with Crippen molar-refractivity contribution in [1.29, 1.82) is 0 Å². The Morgan fingerprint density at radius 2 is 1.87 bits per heavy atom. The highest BCUT2D eigenvalue weighted by molar-refractivity contribution is 6.46. The summed E-state index contributed by atoms with van der Waals surface area (Å²) in [6.45, 7) is 4.51. The zero-order chi connectivity index (χ0) is 22.5. The lowest BCUT2D eigenvalue weighted by atomic mass is 9.95. The van der Waals surface area contributed by atoms with Crippen molar-refractivity contribution < 1.29 is 28.6 Å². The van der Waals surface area contributed by atoms with Gasteiger partial charge in [0.15, 0.2) is 0 Å². The number of ketones is 1. The maximum atomic E-state index is 13.5. The summed E-state index contributed by atoms with van der Waals surface area (Å²) in [5.41, 5.74) is 0.858. The number of amides is 1. The van der Waals surface area contributed by atoms with Gasteiger partial charge in [0, 0.05) is 18.7 Å². The molecule has 1 atom stereocenters. The summed E-state index contributed by atoms with van der Waals surface area (Å²) in [4.78, 5) is 27.2. The SMILES string of the molecule is COc1cccc(C(O)=C2C(=O)C(=O)N(CCCOC(C)C)[C@H]2c2ccc(F)cc2)c1. The van der Waals surface area contributed by atoms with E-state index in [2.05, 4.69) is 0 Å². The van der Waals surface area contributed by atoms with E-state index < -0.39 is 23.5 Å². The topological polar surface area (TPSA) is 76.1 Å². The van der Waals surface area contributed by atoms with Gasteiger partial charge in [-0.1, -0.05) is 24.3 Å². The van der Waals surface area contributed by atoms with Crippen molar-refractivity contribution in [2.45, 2.75) is 32.4 Å². The van der Waals surface area contributed by atoms with Crippen molar-refractivity contribution in [2.75, 3.05) is 20.3 Å². The first-order valence-electron chi connectivity index (χ1n) is 10.1. The van der Waals surface area contributed by atoms with Gasteiger partial charge >= 0.3 is 0 Å². The van der Waals surface area contributed by atoms with Crippen molar-refractivity contribution >= 4 is 17.4 Å². The number of carbonyl (C=O) groups is 2. The number of hydrogen-bond acceptors (Lipinski definition) is 5. The van der Waals surface area contributed by atoms with Crippen molar-refractivity contribution in [3.05, 3.63) is 71.0 Å². The van der Waals surface area contributed by atoms with Gasteiger partial charge in [-0.05, 0) is 50.1 Å². The number of likely N-dealkylation sites (tertiary alicyclic amines) is 1. The third-order valence-electron chi connectivity index (χ3n) is 5.06. The van der Waals surface area contributed by atoms with Gasteiger partial charge in [0.2, 0.25) is 0 Å². The van der Waals surface area contributed by atoms with Gasteiger partial charge in [0.1, 0.15) is 17.3 Å². The molecule has 3 rings (SSSR count). The molecule has 0 unspecified atom stereocenters. The summed E-state index contributed by atoms with van der Waals surface area (Å²) >= 11 is 0. The van der Waals surface area contributed by atoms with Crippen molar-refractivity contribution in [1.82, 2.24) is 4.90 Å². The highest BCUT2D eigenvalue weighted by Gasteiger charge is 2.45. The molecule has 7 heteroatoms. The lowest BCUT2D eigenvalue weighted by Crippen LogP contribution is -2.31. The highest BCUT2D eigenvalue weighted by Crippen LogP contribution is 2.39. The molecule has 1 amide bonds. The number of nitrogens with zero attached hydrogens (tertiary/aromatic N) is 1. The molecule has 1 aliphatic rings. The Morgan fingerprint density at radius 1 is 1.16 bits per heavy atom. The summed E-state index contributed by atoms with van der Waals surface area (Å²) in [6.07, 6.45) is 0.568. The predicted molar refractivity (Wildman–Crippen MR) is 114 cm³/mol. The molecule has 0 aliphatic carbocycles.